The number of alkyl halides is 1. The fourth-order valence-corrected chi connectivity index (χ4v) is 3.45. The summed E-state index contributed by atoms with van der Waals surface area (Å²) >= 11 is 0. The van der Waals surface area contributed by atoms with E-state index in [0.717, 1.165) is 45.7 Å². The maximum absolute atomic E-state index is 14.3. The summed E-state index contributed by atoms with van der Waals surface area (Å²) in [5, 5.41) is 0. The molecule has 0 amide bonds. The monoisotopic (exact) mass is 285 g/mol. The van der Waals surface area contributed by atoms with Crippen molar-refractivity contribution in [2.45, 2.75) is 52.4 Å². The van der Waals surface area contributed by atoms with Gasteiger partial charge in [-0.1, -0.05) is 0 Å². The lowest BCUT2D eigenvalue weighted by atomic mass is 9.93. The third-order valence-electron chi connectivity index (χ3n) is 5.07. The first-order valence-electron chi connectivity index (χ1n) is 8.32. The highest BCUT2D eigenvalue weighted by Gasteiger charge is 2.32. The van der Waals surface area contributed by atoms with Crippen LogP contribution in [0.1, 0.15) is 34.1 Å². The second-order valence-corrected chi connectivity index (χ2v) is 7.08. The van der Waals surface area contributed by atoms with Crippen LogP contribution in [0.4, 0.5) is 4.39 Å². The molecule has 2 rings (SSSR count). The third kappa shape index (κ3) is 4.15. The molecule has 0 aromatic heterocycles. The van der Waals surface area contributed by atoms with E-state index in [1.165, 1.54) is 0 Å². The lowest BCUT2D eigenvalue weighted by molar-refractivity contribution is 0.0303. The fourth-order valence-electron chi connectivity index (χ4n) is 3.45. The fraction of sp³-hybridized carbons (Fsp3) is 1.00. The maximum Gasteiger partial charge on any atom is 0.117 e. The average molecular weight is 285 g/mol. The van der Waals surface area contributed by atoms with E-state index in [1.807, 2.05) is 0 Å². The number of piperidine rings is 1. The van der Waals surface area contributed by atoms with Crippen molar-refractivity contribution in [2.75, 3.05) is 45.8 Å². The molecule has 2 atom stereocenters. The van der Waals surface area contributed by atoms with Crippen molar-refractivity contribution in [1.82, 2.24) is 14.7 Å². The number of hydrogen-bond donors (Lipinski definition) is 0. The van der Waals surface area contributed by atoms with Crippen molar-refractivity contribution in [3.05, 3.63) is 0 Å². The Morgan fingerprint density at radius 2 is 1.50 bits per heavy atom. The van der Waals surface area contributed by atoms with Crippen LogP contribution in [0.2, 0.25) is 0 Å². The number of likely N-dealkylation sites (tertiary alicyclic amines) is 1. The molecule has 0 saturated carbocycles. The largest absolute Gasteiger partial charge is 0.300 e. The van der Waals surface area contributed by atoms with Crippen LogP contribution >= 0.6 is 0 Å². The van der Waals surface area contributed by atoms with Gasteiger partial charge in [-0.25, -0.2) is 4.39 Å². The maximum atomic E-state index is 14.3. The molecule has 4 heteroatoms. The molecule has 2 saturated heterocycles. The normalized spacial score (nSPS) is 31.4. The molecule has 0 aromatic carbocycles. The van der Waals surface area contributed by atoms with Gasteiger partial charge in [0.05, 0.1) is 0 Å². The molecule has 0 N–H and O–H groups in total. The molecule has 20 heavy (non-hydrogen) atoms. The van der Waals surface area contributed by atoms with Gasteiger partial charge in [0.1, 0.15) is 6.17 Å². The van der Waals surface area contributed by atoms with Gasteiger partial charge >= 0.3 is 0 Å². The summed E-state index contributed by atoms with van der Waals surface area (Å²) in [6.45, 7) is 16.0. The van der Waals surface area contributed by atoms with E-state index in [2.05, 4.69) is 42.4 Å². The van der Waals surface area contributed by atoms with Crippen LogP contribution in [-0.4, -0.2) is 78.8 Å². The molecule has 2 aliphatic rings. The van der Waals surface area contributed by atoms with E-state index < -0.39 is 6.17 Å². The molecular weight excluding hydrogens is 253 g/mol. The first kappa shape index (κ1) is 16.2. The molecule has 2 aliphatic heterocycles. The lowest BCUT2D eigenvalue weighted by Crippen LogP contribution is -2.53. The van der Waals surface area contributed by atoms with Gasteiger partial charge in [0.15, 0.2) is 0 Å². The molecule has 0 bridgehead atoms. The van der Waals surface area contributed by atoms with Crippen LogP contribution < -0.4 is 0 Å². The number of piperazine rings is 1. The minimum atomic E-state index is -0.644. The molecule has 0 aromatic rings. The summed E-state index contributed by atoms with van der Waals surface area (Å²) in [5.74, 6) is 0.246. The van der Waals surface area contributed by atoms with Gasteiger partial charge in [-0.3, -0.25) is 9.80 Å². The van der Waals surface area contributed by atoms with Crippen molar-refractivity contribution in [2.24, 2.45) is 5.92 Å². The second kappa shape index (κ2) is 7.19. The SMILES string of the molecule is CC(C)N1CCN(C[C@H]2CCN(C(C)C)C[C@@H]2F)CC1. The van der Waals surface area contributed by atoms with E-state index >= 15 is 0 Å². The van der Waals surface area contributed by atoms with Crippen molar-refractivity contribution in [3.63, 3.8) is 0 Å². The zero-order chi connectivity index (χ0) is 14.7. The van der Waals surface area contributed by atoms with Crippen molar-refractivity contribution in [1.29, 1.82) is 0 Å². The van der Waals surface area contributed by atoms with Crippen LogP contribution in [0, 0.1) is 5.92 Å². The van der Waals surface area contributed by atoms with Gasteiger partial charge in [0.2, 0.25) is 0 Å². The zero-order valence-corrected chi connectivity index (χ0v) is 13.7. The predicted octanol–water partition coefficient (Wildman–Crippen LogP) is 2.08. The minimum absolute atomic E-state index is 0.246. The summed E-state index contributed by atoms with van der Waals surface area (Å²) in [7, 11) is 0. The Kier molecular flexibility index (Phi) is 5.82. The first-order valence-corrected chi connectivity index (χ1v) is 8.32. The molecule has 3 nitrogen and oxygen atoms in total. The van der Waals surface area contributed by atoms with Gasteiger partial charge in [0, 0.05) is 57.3 Å². The Bertz CT molecular complexity index is 287. The number of nitrogens with zero attached hydrogens (tertiary/aromatic N) is 3. The summed E-state index contributed by atoms with van der Waals surface area (Å²) in [4.78, 5) is 7.27. The number of hydrogen-bond acceptors (Lipinski definition) is 3. The summed E-state index contributed by atoms with van der Waals surface area (Å²) < 4.78 is 14.3. The van der Waals surface area contributed by atoms with Crippen LogP contribution in [0.25, 0.3) is 0 Å². The quantitative estimate of drug-likeness (QED) is 0.783. The van der Waals surface area contributed by atoms with Gasteiger partial charge in [0.25, 0.3) is 0 Å². The lowest BCUT2D eigenvalue weighted by Gasteiger charge is -2.42. The number of rotatable bonds is 4. The van der Waals surface area contributed by atoms with E-state index in [4.69, 9.17) is 0 Å². The van der Waals surface area contributed by atoms with Crippen LogP contribution in [-0.2, 0) is 0 Å². The molecule has 2 heterocycles. The van der Waals surface area contributed by atoms with Gasteiger partial charge in [-0.2, -0.15) is 0 Å². The molecule has 0 aliphatic carbocycles. The molecule has 2 fully saturated rings. The zero-order valence-electron chi connectivity index (χ0n) is 13.7. The average Bonchev–Trinajstić information content (AvgIpc) is 2.41. The van der Waals surface area contributed by atoms with E-state index in [-0.39, 0.29) is 5.92 Å². The molecule has 0 unspecified atom stereocenters. The molecular formula is C16H32FN3. The first-order chi connectivity index (χ1) is 9.47. The summed E-state index contributed by atoms with van der Waals surface area (Å²) in [5.41, 5.74) is 0. The van der Waals surface area contributed by atoms with E-state index in [9.17, 15) is 4.39 Å². The Morgan fingerprint density at radius 3 is 2.00 bits per heavy atom. The van der Waals surface area contributed by atoms with Crippen molar-refractivity contribution >= 4 is 0 Å². The summed E-state index contributed by atoms with van der Waals surface area (Å²) in [6.07, 6.45) is 0.373. The van der Waals surface area contributed by atoms with Crippen LogP contribution in [0.3, 0.4) is 0 Å². The van der Waals surface area contributed by atoms with Gasteiger partial charge < -0.3 is 4.90 Å². The molecule has 0 spiro atoms. The standard InChI is InChI=1S/C16H32FN3/c1-13(2)19-9-7-18(8-10-19)11-15-5-6-20(14(3)4)12-16(15)17/h13-16H,5-12H2,1-4H3/t15-,16+/m1/s1. The Morgan fingerprint density at radius 1 is 0.900 bits per heavy atom. The van der Waals surface area contributed by atoms with Crippen LogP contribution in [0.15, 0.2) is 0 Å². The highest BCUT2D eigenvalue weighted by molar-refractivity contribution is 4.85. The van der Waals surface area contributed by atoms with Crippen molar-refractivity contribution in [3.8, 4) is 0 Å². The minimum Gasteiger partial charge on any atom is -0.300 e. The highest BCUT2D eigenvalue weighted by Crippen LogP contribution is 2.23. The van der Waals surface area contributed by atoms with Crippen LogP contribution in [0.5, 0.6) is 0 Å². The second-order valence-electron chi connectivity index (χ2n) is 7.08. The van der Waals surface area contributed by atoms with E-state index in [1.54, 1.807) is 0 Å². The van der Waals surface area contributed by atoms with Crippen molar-refractivity contribution < 1.29 is 4.39 Å². The van der Waals surface area contributed by atoms with E-state index in [0.29, 0.717) is 18.6 Å². The third-order valence-corrected chi connectivity index (χ3v) is 5.07. The predicted molar refractivity (Wildman–Crippen MR) is 82.9 cm³/mol. The Hall–Kier alpha value is -0.190. The van der Waals surface area contributed by atoms with Gasteiger partial charge in [-0.05, 0) is 40.7 Å². The Balaban J connectivity index is 1.75. The smallest absolute Gasteiger partial charge is 0.117 e. The topological polar surface area (TPSA) is 9.72 Å². The molecule has 0 radical (unpaired) electrons. The number of halogens is 1. The highest BCUT2D eigenvalue weighted by atomic mass is 19.1. The summed E-state index contributed by atoms with van der Waals surface area (Å²) in [6, 6.07) is 1.11. The Labute approximate surface area is 124 Å². The van der Waals surface area contributed by atoms with Gasteiger partial charge in [-0.15, -0.1) is 0 Å². The molecule has 118 valence electrons.